The Balaban J connectivity index is 1.20. The van der Waals surface area contributed by atoms with Crippen molar-refractivity contribution in [3.63, 3.8) is 0 Å². The molecule has 254 valence electrons. The first-order valence-corrected chi connectivity index (χ1v) is 17.2. The summed E-state index contributed by atoms with van der Waals surface area (Å²) in [6, 6.07) is 29.1. The molecule has 1 saturated carbocycles. The van der Waals surface area contributed by atoms with Crippen LogP contribution in [0.5, 0.6) is 11.5 Å². The van der Waals surface area contributed by atoms with Crippen LogP contribution < -0.4 is 14.8 Å². The van der Waals surface area contributed by atoms with Crippen LogP contribution in [-0.4, -0.2) is 54.1 Å². The van der Waals surface area contributed by atoms with E-state index >= 15 is 0 Å². The fourth-order valence-corrected chi connectivity index (χ4v) is 7.04. The van der Waals surface area contributed by atoms with Gasteiger partial charge < -0.3 is 24.8 Å². The van der Waals surface area contributed by atoms with Gasteiger partial charge in [0.15, 0.2) is 0 Å². The van der Waals surface area contributed by atoms with Gasteiger partial charge in [0, 0.05) is 25.8 Å². The molecule has 1 aliphatic carbocycles. The quantitative estimate of drug-likeness (QED) is 0.163. The Morgan fingerprint density at radius 1 is 0.857 bits per heavy atom. The third-order valence-corrected chi connectivity index (χ3v) is 9.79. The van der Waals surface area contributed by atoms with Gasteiger partial charge in [-0.15, -0.1) is 0 Å². The summed E-state index contributed by atoms with van der Waals surface area (Å²) in [5.74, 6) is 0.0217. The van der Waals surface area contributed by atoms with Crippen LogP contribution in [0.25, 0.3) is 11.1 Å². The molecule has 1 aliphatic heterocycles. The third kappa shape index (κ3) is 8.49. The number of nitrogens with one attached hydrogen (secondary N) is 1. The summed E-state index contributed by atoms with van der Waals surface area (Å²) in [5.41, 5.74) is 5.63. The Morgan fingerprint density at radius 3 is 2.22 bits per heavy atom. The first-order valence-electron chi connectivity index (χ1n) is 17.2. The number of rotatable bonds is 13. The lowest BCUT2D eigenvalue weighted by molar-refractivity contribution is -0.145. The van der Waals surface area contributed by atoms with E-state index in [1.165, 1.54) is 0 Å². The second kappa shape index (κ2) is 15.9. The molecule has 2 aliphatic rings. The number of fused-ring (bicyclic) bond motifs is 1. The number of nitrogens with zero attached hydrogens (tertiary/aromatic N) is 1. The molecule has 1 heterocycles. The molecule has 0 saturated heterocycles. The Labute approximate surface area is 288 Å². The molecule has 1 unspecified atom stereocenters. The number of carbonyl (C=O) groups is 3. The number of ether oxygens (including phenoxy) is 2. The van der Waals surface area contributed by atoms with Crippen molar-refractivity contribution in [2.24, 2.45) is 5.92 Å². The van der Waals surface area contributed by atoms with Crippen molar-refractivity contribution < 1.29 is 29.0 Å². The van der Waals surface area contributed by atoms with Crippen LogP contribution in [0.1, 0.15) is 60.4 Å². The lowest BCUT2D eigenvalue weighted by Gasteiger charge is -2.37. The standard InChI is InChI=1S/C41H44N2O6/c1-48-34-18-13-28(14-19-34)22-24-49-35-20-17-33-21-23-43(38(44)26-29-7-5-6-8-29)39(36(33)27-35)40(45)42-37(41(46)47)25-30-11-15-32(16-12-30)31-9-3-2-4-10-31/h2-4,9-20,27,29,37,39H,5-8,21-26H2,1H3,(H,42,45)(H,46,47)/t37-,39?/m0/s1. The van der Waals surface area contributed by atoms with Gasteiger partial charge >= 0.3 is 5.97 Å². The van der Waals surface area contributed by atoms with E-state index in [0.29, 0.717) is 49.6 Å². The van der Waals surface area contributed by atoms with Crippen molar-refractivity contribution in [3.8, 4) is 22.6 Å². The summed E-state index contributed by atoms with van der Waals surface area (Å²) in [6.45, 7) is 0.823. The lowest BCUT2D eigenvalue weighted by Crippen LogP contribution is -2.51. The predicted molar refractivity (Wildman–Crippen MR) is 189 cm³/mol. The highest BCUT2D eigenvalue weighted by Crippen LogP contribution is 2.36. The van der Waals surface area contributed by atoms with Crippen molar-refractivity contribution in [2.45, 2.75) is 63.5 Å². The van der Waals surface area contributed by atoms with Gasteiger partial charge in [0.2, 0.25) is 11.8 Å². The van der Waals surface area contributed by atoms with Crippen LogP contribution in [-0.2, 0) is 33.6 Å². The topological polar surface area (TPSA) is 105 Å². The summed E-state index contributed by atoms with van der Waals surface area (Å²) < 4.78 is 11.4. The lowest BCUT2D eigenvalue weighted by atomic mass is 9.90. The van der Waals surface area contributed by atoms with E-state index in [0.717, 1.165) is 59.3 Å². The van der Waals surface area contributed by atoms with Crippen LogP contribution in [0, 0.1) is 5.92 Å². The number of carboxylic acids is 1. The van der Waals surface area contributed by atoms with Crippen molar-refractivity contribution >= 4 is 17.8 Å². The van der Waals surface area contributed by atoms with Crippen LogP contribution in [0.2, 0.25) is 0 Å². The zero-order chi connectivity index (χ0) is 34.2. The molecule has 49 heavy (non-hydrogen) atoms. The van der Waals surface area contributed by atoms with E-state index in [9.17, 15) is 19.5 Å². The van der Waals surface area contributed by atoms with Gasteiger partial charge in [-0.2, -0.15) is 0 Å². The van der Waals surface area contributed by atoms with Gasteiger partial charge in [0.1, 0.15) is 23.6 Å². The summed E-state index contributed by atoms with van der Waals surface area (Å²) in [7, 11) is 1.64. The maximum absolute atomic E-state index is 14.2. The highest BCUT2D eigenvalue weighted by Gasteiger charge is 2.38. The molecule has 0 aromatic heterocycles. The molecular weight excluding hydrogens is 616 g/mol. The molecule has 2 amide bonds. The Bertz CT molecular complexity index is 1730. The molecule has 4 aromatic carbocycles. The molecule has 0 bridgehead atoms. The van der Waals surface area contributed by atoms with Gasteiger partial charge in [-0.1, -0.05) is 85.6 Å². The van der Waals surface area contributed by atoms with Gasteiger partial charge in [-0.3, -0.25) is 9.59 Å². The maximum Gasteiger partial charge on any atom is 0.326 e. The van der Waals surface area contributed by atoms with E-state index in [2.05, 4.69) is 5.32 Å². The van der Waals surface area contributed by atoms with Crippen molar-refractivity contribution in [2.75, 3.05) is 20.3 Å². The summed E-state index contributed by atoms with van der Waals surface area (Å²) in [4.78, 5) is 42.1. The van der Waals surface area contributed by atoms with E-state index < -0.39 is 24.0 Å². The Morgan fingerprint density at radius 2 is 1.53 bits per heavy atom. The molecule has 8 nitrogen and oxygen atoms in total. The smallest absolute Gasteiger partial charge is 0.326 e. The normalized spacial score (nSPS) is 16.4. The summed E-state index contributed by atoms with van der Waals surface area (Å²) in [6.07, 6.45) is 6.07. The maximum atomic E-state index is 14.2. The van der Waals surface area contributed by atoms with Crippen molar-refractivity contribution in [1.82, 2.24) is 10.2 Å². The minimum atomic E-state index is -1.17. The second-order valence-corrected chi connectivity index (χ2v) is 13.1. The second-order valence-electron chi connectivity index (χ2n) is 13.1. The molecule has 6 rings (SSSR count). The van der Waals surface area contributed by atoms with Crippen LogP contribution >= 0.6 is 0 Å². The molecule has 2 atom stereocenters. The molecule has 0 radical (unpaired) electrons. The first kappa shape index (κ1) is 33.8. The number of aliphatic carboxylic acids is 1. The number of carbonyl (C=O) groups excluding carboxylic acids is 2. The SMILES string of the molecule is COc1ccc(CCOc2ccc3c(c2)C(C(=O)N[C@@H](Cc2ccc(-c4ccccc4)cc2)C(=O)O)N(C(=O)CC2CCCC2)CC3)cc1. The van der Waals surface area contributed by atoms with Gasteiger partial charge in [-0.05, 0) is 82.8 Å². The summed E-state index contributed by atoms with van der Waals surface area (Å²) >= 11 is 0. The zero-order valence-corrected chi connectivity index (χ0v) is 28.0. The van der Waals surface area contributed by atoms with E-state index in [1.54, 1.807) is 12.0 Å². The minimum absolute atomic E-state index is 0.0631. The monoisotopic (exact) mass is 660 g/mol. The summed E-state index contributed by atoms with van der Waals surface area (Å²) in [5, 5.41) is 13.0. The van der Waals surface area contributed by atoms with Gasteiger partial charge in [-0.25, -0.2) is 4.79 Å². The van der Waals surface area contributed by atoms with Gasteiger partial charge in [0.25, 0.3) is 0 Å². The molecular formula is C41H44N2O6. The van der Waals surface area contributed by atoms with Gasteiger partial charge in [0.05, 0.1) is 13.7 Å². The number of carboxylic acid groups (broad SMARTS) is 1. The van der Waals surface area contributed by atoms with Crippen molar-refractivity contribution in [1.29, 1.82) is 0 Å². The predicted octanol–water partition coefficient (Wildman–Crippen LogP) is 6.80. The highest BCUT2D eigenvalue weighted by molar-refractivity contribution is 5.92. The van der Waals surface area contributed by atoms with Crippen LogP contribution in [0.3, 0.4) is 0 Å². The minimum Gasteiger partial charge on any atom is -0.497 e. The van der Waals surface area contributed by atoms with E-state index in [1.807, 2.05) is 97.1 Å². The molecule has 2 N–H and O–H groups in total. The molecule has 0 spiro atoms. The number of benzene rings is 4. The molecule has 1 fully saturated rings. The average molecular weight is 661 g/mol. The average Bonchev–Trinajstić information content (AvgIpc) is 3.64. The van der Waals surface area contributed by atoms with Crippen molar-refractivity contribution in [3.05, 3.63) is 119 Å². The third-order valence-electron chi connectivity index (χ3n) is 9.79. The van der Waals surface area contributed by atoms with E-state index in [4.69, 9.17) is 9.47 Å². The first-order chi connectivity index (χ1) is 23.9. The number of methoxy groups -OCH3 is 1. The van der Waals surface area contributed by atoms with Crippen LogP contribution in [0.4, 0.5) is 0 Å². The highest BCUT2D eigenvalue weighted by atomic mass is 16.5. The fraction of sp³-hybridized carbons (Fsp3) is 0.341. The Hall–Kier alpha value is -5.11. The number of hydrogen-bond donors (Lipinski definition) is 2. The number of amides is 2. The largest absolute Gasteiger partial charge is 0.497 e. The van der Waals surface area contributed by atoms with E-state index in [-0.39, 0.29) is 12.3 Å². The van der Waals surface area contributed by atoms with Crippen LogP contribution in [0.15, 0.2) is 97.1 Å². The Kier molecular flexibility index (Phi) is 10.9. The zero-order valence-electron chi connectivity index (χ0n) is 28.0. The molecule has 8 heteroatoms. The molecule has 4 aromatic rings. The fourth-order valence-electron chi connectivity index (χ4n) is 7.04. The number of hydrogen-bond acceptors (Lipinski definition) is 5.